The summed E-state index contributed by atoms with van der Waals surface area (Å²) in [6, 6.07) is 5.89. The van der Waals surface area contributed by atoms with Crippen LogP contribution in [0.15, 0.2) is 29.4 Å². The first-order chi connectivity index (χ1) is 11.6. The van der Waals surface area contributed by atoms with E-state index >= 15 is 0 Å². The first-order valence-corrected chi connectivity index (χ1v) is 8.17. The van der Waals surface area contributed by atoms with E-state index in [-0.39, 0.29) is 17.6 Å². The SMILES string of the molecule is O=C(NCCC(=O)N1CCCC1)[C@@H]1CC(c2ccc(F)cc2)=NO1. The van der Waals surface area contributed by atoms with Gasteiger partial charge in [-0.1, -0.05) is 17.3 Å². The Bertz CT molecular complexity index is 639. The van der Waals surface area contributed by atoms with Gasteiger partial charge in [0.05, 0.1) is 5.71 Å². The lowest BCUT2D eigenvalue weighted by atomic mass is 10.0. The highest BCUT2D eigenvalue weighted by Gasteiger charge is 2.29. The van der Waals surface area contributed by atoms with Gasteiger partial charge in [-0.2, -0.15) is 0 Å². The minimum atomic E-state index is -0.702. The van der Waals surface area contributed by atoms with Crippen LogP contribution in [0.1, 0.15) is 31.2 Å². The second-order valence-electron chi connectivity index (χ2n) is 5.97. The van der Waals surface area contributed by atoms with Crippen LogP contribution >= 0.6 is 0 Å². The Morgan fingerprint density at radius 2 is 1.96 bits per heavy atom. The number of carbonyl (C=O) groups is 2. The van der Waals surface area contributed by atoms with Crippen molar-refractivity contribution >= 4 is 17.5 Å². The normalized spacial score (nSPS) is 19.8. The van der Waals surface area contributed by atoms with Gasteiger partial charge in [-0.3, -0.25) is 9.59 Å². The van der Waals surface area contributed by atoms with Crippen molar-refractivity contribution in [3.63, 3.8) is 0 Å². The van der Waals surface area contributed by atoms with Crippen LogP contribution in [0, 0.1) is 5.82 Å². The molecule has 7 heteroatoms. The molecular weight excluding hydrogens is 313 g/mol. The summed E-state index contributed by atoms with van der Waals surface area (Å²) in [5, 5.41) is 6.62. The standard InChI is InChI=1S/C17H20FN3O3/c18-13-5-3-12(4-6-13)14-11-15(24-20-14)17(23)19-8-7-16(22)21-9-1-2-10-21/h3-6,15H,1-2,7-11H2,(H,19,23)/t15-/m0/s1. The van der Waals surface area contributed by atoms with Crippen LogP contribution in [0.4, 0.5) is 4.39 Å². The molecule has 1 atom stereocenters. The van der Waals surface area contributed by atoms with Crippen LogP contribution in [0.5, 0.6) is 0 Å². The number of rotatable bonds is 5. The summed E-state index contributed by atoms with van der Waals surface area (Å²) in [5.74, 6) is -0.538. The molecule has 0 aromatic heterocycles. The molecule has 2 amide bonds. The first-order valence-electron chi connectivity index (χ1n) is 8.17. The smallest absolute Gasteiger partial charge is 0.264 e. The summed E-state index contributed by atoms with van der Waals surface area (Å²) in [7, 11) is 0. The molecule has 6 nitrogen and oxygen atoms in total. The molecule has 1 N–H and O–H groups in total. The maximum atomic E-state index is 12.9. The Morgan fingerprint density at radius 1 is 1.25 bits per heavy atom. The van der Waals surface area contributed by atoms with E-state index in [2.05, 4.69) is 10.5 Å². The molecule has 0 radical (unpaired) electrons. The van der Waals surface area contributed by atoms with Crippen molar-refractivity contribution < 1.29 is 18.8 Å². The minimum absolute atomic E-state index is 0.0726. The van der Waals surface area contributed by atoms with Crippen molar-refractivity contribution in [2.24, 2.45) is 5.16 Å². The van der Waals surface area contributed by atoms with Crippen LogP contribution in [0.2, 0.25) is 0 Å². The Hall–Kier alpha value is -2.44. The Balaban J connectivity index is 1.42. The van der Waals surface area contributed by atoms with Gasteiger partial charge in [-0.15, -0.1) is 0 Å². The van der Waals surface area contributed by atoms with Gasteiger partial charge in [0.25, 0.3) is 5.91 Å². The minimum Gasteiger partial charge on any atom is -0.382 e. The lowest BCUT2D eigenvalue weighted by Crippen LogP contribution is -2.37. The van der Waals surface area contributed by atoms with E-state index < -0.39 is 6.10 Å². The third kappa shape index (κ3) is 3.90. The van der Waals surface area contributed by atoms with Crippen molar-refractivity contribution in [1.82, 2.24) is 10.2 Å². The molecule has 1 saturated heterocycles. The van der Waals surface area contributed by atoms with Gasteiger partial charge in [-0.25, -0.2) is 4.39 Å². The zero-order valence-electron chi connectivity index (χ0n) is 13.3. The number of carbonyl (C=O) groups excluding carboxylic acids is 2. The molecular formula is C17H20FN3O3. The van der Waals surface area contributed by atoms with E-state index in [4.69, 9.17) is 4.84 Å². The second kappa shape index (κ2) is 7.42. The van der Waals surface area contributed by atoms with E-state index in [1.807, 2.05) is 4.90 Å². The monoisotopic (exact) mass is 333 g/mol. The van der Waals surface area contributed by atoms with Crippen molar-refractivity contribution in [3.8, 4) is 0 Å². The third-order valence-electron chi connectivity index (χ3n) is 4.24. The van der Waals surface area contributed by atoms with Crippen molar-refractivity contribution in [3.05, 3.63) is 35.6 Å². The lowest BCUT2D eigenvalue weighted by molar-refractivity contribution is -0.132. The van der Waals surface area contributed by atoms with E-state index in [0.717, 1.165) is 31.5 Å². The highest BCUT2D eigenvalue weighted by Crippen LogP contribution is 2.17. The van der Waals surface area contributed by atoms with Gasteiger partial charge in [0.15, 0.2) is 0 Å². The molecule has 1 aromatic carbocycles. The summed E-state index contributed by atoms with van der Waals surface area (Å²) in [4.78, 5) is 31.0. The third-order valence-corrected chi connectivity index (χ3v) is 4.24. The van der Waals surface area contributed by atoms with Gasteiger partial charge in [-0.05, 0) is 30.5 Å². The van der Waals surface area contributed by atoms with Crippen LogP contribution in [0.25, 0.3) is 0 Å². The van der Waals surface area contributed by atoms with Gasteiger partial charge < -0.3 is 15.1 Å². The van der Waals surface area contributed by atoms with Crippen molar-refractivity contribution in [2.45, 2.75) is 31.8 Å². The molecule has 128 valence electrons. The van der Waals surface area contributed by atoms with Crippen LogP contribution in [0.3, 0.4) is 0 Å². The molecule has 0 bridgehead atoms. The molecule has 3 rings (SSSR count). The zero-order chi connectivity index (χ0) is 16.9. The molecule has 0 saturated carbocycles. The number of nitrogens with one attached hydrogen (secondary N) is 1. The predicted octanol–water partition coefficient (Wildman–Crippen LogP) is 1.45. The predicted molar refractivity (Wildman–Crippen MR) is 85.9 cm³/mol. The molecule has 0 unspecified atom stereocenters. The highest BCUT2D eigenvalue weighted by atomic mass is 19.1. The molecule has 0 aliphatic carbocycles. The van der Waals surface area contributed by atoms with Crippen LogP contribution in [-0.2, 0) is 14.4 Å². The number of hydrogen-bond acceptors (Lipinski definition) is 4. The van der Waals surface area contributed by atoms with Crippen molar-refractivity contribution in [2.75, 3.05) is 19.6 Å². The first kappa shape index (κ1) is 16.4. The van der Waals surface area contributed by atoms with E-state index in [1.54, 1.807) is 12.1 Å². The van der Waals surface area contributed by atoms with Gasteiger partial charge in [0.1, 0.15) is 5.82 Å². The molecule has 0 spiro atoms. The Kier molecular flexibility index (Phi) is 5.08. The lowest BCUT2D eigenvalue weighted by Gasteiger charge is -2.15. The quantitative estimate of drug-likeness (QED) is 0.886. The molecule has 24 heavy (non-hydrogen) atoms. The molecule has 1 fully saturated rings. The maximum Gasteiger partial charge on any atom is 0.264 e. The summed E-state index contributed by atoms with van der Waals surface area (Å²) in [6.45, 7) is 1.92. The summed E-state index contributed by atoms with van der Waals surface area (Å²) < 4.78 is 12.9. The summed E-state index contributed by atoms with van der Waals surface area (Å²) in [6.07, 6.45) is 2.03. The van der Waals surface area contributed by atoms with Gasteiger partial charge in [0, 0.05) is 32.5 Å². The van der Waals surface area contributed by atoms with Crippen LogP contribution < -0.4 is 5.32 Å². The summed E-state index contributed by atoms with van der Waals surface area (Å²) >= 11 is 0. The van der Waals surface area contributed by atoms with Crippen LogP contribution in [-0.4, -0.2) is 48.2 Å². The summed E-state index contributed by atoms with van der Waals surface area (Å²) in [5.41, 5.74) is 1.35. The van der Waals surface area contributed by atoms with Gasteiger partial charge >= 0.3 is 0 Å². The number of hydrogen-bond donors (Lipinski definition) is 1. The average molecular weight is 333 g/mol. The number of amides is 2. The zero-order valence-corrected chi connectivity index (χ0v) is 13.3. The maximum absolute atomic E-state index is 12.9. The number of halogens is 1. The average Bonchev–Trinajstić information content (AvgIpc) is 3.27. The Labute approximate surface area is 139 Å². The fourth-order valence-corrected chi connectivity index (χ4v) is 2.86. The van der Waals surface area contributed by atoms with E-state index in [9.17, 15) is 14.0 Å². The fourth-order valence-electron chi connectivity index (χ4n) is 2.86. The number of oxime groups is 1. The fraction of sp³-hybridized carbons (Fsp3) is 0.471. The highest BCUT2D eigenvalue weighted by molar-refractivity contribution is 6.04. The van der Waals surface area contributed by atoms with Gasteiger partial charge in [0.2, 0.25) is 12.0 Å². The number of benzene rings is 1. The molecule has 2 heterocycles. The van der Waals surface area contributed by atoms with Crippen molar-refractivity contribution in [1.29, 1.82) is 0 Å². The largest absolute Gasteiger partial charge is 0.382 e. The number of nitrogens with zero attached hydrogens (tertiary/aromatic N) is 2. The molecule has 1 aromatic rings. The second-order valence-corrected chi connectivity index (χ2v) is 5.97. The van der Waals surface area contributed by atoms with E-state index in [0.29, 0.717) is 25.1 Å². The molecule has 2 aliphatic rings. The topological polar surface area (TPSA) is 71.0 Å². The Morgan fingerprint density at radius 3 is 2.67 bits per heavy atom. The number of likely N-dealkylation sites (tertiary alicyclic amines) is 1. The molecule has 2 aliphatic heterocycles. The van der Waals surface area contributed by atoms with E-state index in [1.165, 1.54) is 12.1 Å².